The van der Waals surface area contributed by atoms with Gasteiger partial charge in [0.1, 0.15) is 0 Å². The molecule has 4 aromatic rings. The first-order chi connectivity index (χ1) is 19.8. The number of unbranched alkanes of at least 4 members (excludes halogenated alkanes) is 1. The van der Waals surface area contributed by atoms with Crippen LogP contribution in [-0.2, 0) is 20.1 Å². The molecule has 0 saturated heterocycles. The number of hydrogen-bond donors (Lipinski definition) is 3. The molecule has 0 saturated carbocycles. The van der Waals surface area contributed by atoms with E-state index in [1.165, 1.54) is 21.4 Å². The molecule has 0 spiro atoms. The summed E-state index contributed by atoms with van der Waals surface area (Å²) >= 11 is 0. The van der Waals surface area contributed by atoms with Crippen LogP contribution in [0.15, 0.2) is 60.8 Å². The maximum Gasteiger partial charge on any atom is 0.319 e. The van der Waals surface area contributed by atoms with Crippen molar-refractivity contribution in [3.63, 3.8) is 0 Å². The molecule has 0 aliphatic heterocycles. The summed E-state index contributed by atoms with van der Waals surface area (Å²) in [5.41, 5.74) is 6.08. The molecule has 0 unspecified atom stereocenters. The van der Waals surface area contributed by atoms with Crippen LogP contribution in [0.4, 0.5) is 10.5 Å². The molecular weight excluding hydrogens is 518 g/mol. The lowest BCUT2D eigenvalue weighted by Crippen LogP contribution is -2.30. The van der Waals surface area contributed by atoms with Gasteiger partial charge in [-0.3, -0.25) is 9.78 Å². The topological polar surface area (TPSA) is 130 Å². The van der Waals surface area contributed by atoms with Gasteiger partial charge in [-0.15, -0.1) is 5.10 Å². The van der Waals surface area contributed by atoms with Crippen molar-refractivity contribution in [2.75, 3.05) is 25.5 Å². The quantitative estimate of drug-likeness (QED) is 0.226. The van der Waals surface area contributed by atoms with Gasteiger partial charge in [-0.05, 0) is 97.7 Å². The maximum absolute atomic E-state index is 13.0. The molecule has 2 aromatic heterocycles. The van der Waals surface area contributed by atoms with Gasteiger partial charge in [-0.1, -0.05) is 24.3 Å². The van der Waals surface area contributed by atoms with Gasteiger partial charge in [0.05, 0.1) is 12.2 Å². The summed E-state index contributed by atoms with van der Waals surface area (Å²) in [5.74, 6) is 0.166. The number of nitrogens with zero attached hydrogens (tertiary/aromatic N) is 6. The molecule has 214 valence electrons. The molecule has 0 bridgehead atoms. The zero-order valence-electron chi connectivity index (χ0n) is 24.0. The Morgan fingerprint density at radius 2 is 1.83 bits per heavy atom. The summed E-state index contributed by atoms with van der Waals surface area (Å²) < 4.78 is 1.51. The number of carbonyl (C=O) groups is 2. The first kappa shape index (κ1) is 29.3. The van der Waals surface area contributed by atoms with Crippen molar-refractivity contribution < 1.29 is 9.59 Å². The number of tetrazole rings is 1. The first-order valence-corrected chi connectivity index (χ1v) is 13.6. The number of carbonyl (C=O) groups excluding carboxylic acids is 2. The summed E-state index contributed by atoms with van der Waals surface area (Å²) in [5, 5.41) is 20.2. The number of hydrogen-bond acceptors (Lipinski definition) is 7. The van der Waals surface area contributed by atoms with Gasteiger partial charge in [0.15, 0.2) is 5.82 Å². The second kappa shape index (κ2) is 14.1. The van der Waals surface area contributed by atoms with Crippen LogP contribution in [-0.4, -0.2) is 62.2 Å². The first-order valence-electron chi connectivity index (χ1n) is 13.6. The van der Waals surface area contributed by atoms with E-state index in [4.69, 9.17) is 0 Å². The SMILES string of the molecule is Cc1ccc(CN(C)CCCCNC(=O)Nc2cc(C(=O)NCc3ccccn3)cc(-c3nnnn3C)c2)cc1C. The van der Waals surface area contributed by atoms with Crippen molar-refractivity contribution in [2.45, 2.75) is 39.8 Å². The number of rotatable bonds is 12. The largest absolute Gasteiger partial charge is 0.346 e. The molecule has 41 heavy (non-hydrogen) atoms. The van der Waals surface area contributed by atoms with Crippen LogP contribution in [0.25, 0.3) is 11.4 Å². The van der Waals surface area contributed by atoms with E-state index in [1.54, 1.807) is 31.4 Å². The average Bonchev–Trinajstić information content (AvgIpc) is 3.39. The number of urea groups is 1. The molecule has 0 aliphatic carbocycles. The summed E-state index contributed by atoms with van der Waals surface area (Å²) in [6, 6.07) is 16.8. The minimum absolute atomic E-state index is 0.276. The van der Waals surface area contributed by atoms with E-state index in [2.05, 4.69) is 80.5 Å². The Hall–Kier alpha value is -4.64. The smallest absolute Gasteiger partial charge is 0.319 e. The molecule has 2 heterocycles. The Bertz CT molecular complexity index is 1470. The Kier molecular flexibility index (Phi) is 10.1. The molecular formula is C30H37N9O2. The number of benzene rings is 2. The Labute approximate surface area is 240 Å². The minimum atomic E-state index is -0.346. The molecule has 4 rings (SSSR count). The van der Waals surface area contributed by atoms with Crippen LogP contribution >= 0.6 is 0 Å². The van der Waals surface area contributed by atoms with E-state index in [1.807, 2.05) is 18.2 Å². The second-order valence-corrected chi connectivity index (χ2v) is 10.2. The van der Waals surface area contributed by atoms with Gasteiger partial charge in [0.25, 0.3) is 5.91 Å². The number of pyridine rings is 1. The van der Waals surface area contributed by atoms with Crippen LogP contribution in [0, 0.1) is 13.8 Å². The van der Waals surface area contributed by atoms with Gasteiger partial charge in [-0.2, -0.15) is 0 Å². The van der Waals surface area contributed by atoms with E-state index in [0.29, 0.717) is 29.2 Å². The number of aryl methyl sites for hydroxylation is 3. The van der Waals surface area contributed by atoms with Gasteiger partial charge in [0.2, 0.25) is 0 Å². The normalized spacial score (nSPS) is 11.0. The Morgan fingerprint density at radius 3 is 2.56 bits per heavy atom. The van der Waals surface area contributed by atoms with E-state index < -0.39 is 0 Å². The van der Waals surface area contributed by atoms with Crippen molar-refractivity contribution in [1.29, 1.82) is 0 Å². The molecule has 0 aliphatic rings. The molecule has 0 fully saturated rings. The van der Waals surface area contributed by atoms with Crippen molar-refractivity contribution in [3.8, 4) is 11.4 Å². The van der Waals surface area contributed by atoms with Crippen LogP contribution in [0.2, 0.25) is 0 Å². The second-order valence-electron chi connectivity index (χ2n) is 10.2. The zero-order valence-corrected chi connectivity index (χ0v) is 24.0. The fraction of sp³-hybridized carbons (Fsp3) is 0.333. The highest BCUT2D eigenvalue weighted by Crippen LogP contribution is 2.23. The monoisotopic (exact) mass is 555 g/mol. The van der Waals surface area contributed by atoms with Crippen LogP contribution in [0.5, 0.6) is 0 Å². The summed E-state index contributed by atoms with van der Waals surface area (Å²) in [6.07, 6.45) is 3.47. The van der Waals surface area contributed by atoms with Gasteiger partial charge in [-0.25, -0.2) is 9.48 Å². The molecule has 0 radical (unpaired) electrons. The summed E-state index contributed by atoms with van der Waals surface area (Å²) in [7, 11) is 3.82. The lowest BCUT2D eigenvalue weighted by Gasteiger charge is -2.17. The molecule has 0 atom stereocenters. The third kappa shape index (κ3) is 8.67. The van der Waals surface area contributed by atoms with Crippen LogP contribution in [0.1, 0.15) is 45.6 Å². The fourth-order valence-corrected chi connectivity index (χ4v) is 4.39. The predicted octanol–water partition coefficient (Wildman–Crippen LogP) is 3.85. The highest BCUT2D eigenvalue weighted by molar-refractivity contribution is 5.98. The standard InChI is InChI=1S/C30H37N9O2/c1-21-10-11-23(15-22(21)2)20-38(3)14-8-7-13-32-30(41)34-27-17-24(28-35-36-37-39(28)4)16-25(18-27)29(40)33-19-26-9-5-6-12-31-26/h5-6,9-12,15-18H,7-8,13-14,19-20H2,1-4H3,(H,33,40)(H2,32,34,41). The summed E-state index contributed by atoms with van der Waals surface area (Å²) in [4.78, 5) is 32.2. The number of anilines is 1. The fourth-order valence-electron chi connectivity index (χ4n) is 4.39. The van der Waals surface area contributed by atoms with Gasteiger partial charge >= 0.3 is 6.03 Å². The van der Waals surface area contributed by atoms with E-state index in [-0.39, 0.29) is 18.5 Å². The maximum atomic E-state index is 13.0. The molecule has 3 amide bonds. The van der Waals surface area contributed by atoms with Crippen molar-refractivity contribution in [2.24, 2.45) is 7.05 Å². The van der Waals surface area contributed by atoms with Gasteiger partial charge in [0, 0.05) is 43.1 Å². The molecule has 11 nitrogen and oxygen atoms in total. The highest BCUT2D eigenvalue weighted by atomic mass is 16.2. The predicted molar refractivity (Wildman–Crippen MR) is 158 cm³/mol. The average molecular weight is 556 g/mol. The molecule has 11 heteroatoms. The Morgan fingerprint density at radius 1 is 0.976 bits per heavy atom. The number of nitrogens with one attached hydrogen (secondary N) is 3. The third-order valence-corrected chi connectivity index (χ3v) is 6.76. The van der Waals surface area contributed by atoms with E-state index >= 15 is 0 Å². The zero-order chi connectivity index (χ0) is 29.2. The van der Waals surface area contributed by atoms with Gasteiger partial charge < -0.3 is 20.9 Å². The van der Waals surface area contributed by atoms with Crippen molar-refractivity contribution >= 4 is 17.6 Å². The van der Waals surface area contributed by atoms with Crippen LogP contribution < -0.4 is 16.0 Å². The van der Waals surface area contributed by atoms with Crippen LogP contribution in [0.3, 0.4) is 0 Å². The molecule has 2 aromatic carbocycles. The Balaban J connectivity index is 1.30. The summed E-state index contributed by atoms with van der Waals surface area (Å²) in [6.45, 7) is 6.90. The third-order valence-electron chi connectivity index (χ3n) is 6.76. The minimum Gasteiger partial charge on any atom is -0.346 e. The van der Waals surface area contributed by atoms with Crippen molar-refractivity contribution in [1.82, 2.24) is 40.7 Å². The molecule has 3 N–H and O–H groups in total. The lowest BCUT2D eigenvalue weighted by molar-refractivity contribution is 0.0950. The number of aromatic nitrogens is 5. The lowest BCUT2D eigenvalue weighted by atomic mass is 10.1. The van der Waals surface area contributed by atoms with E-state index in [9.17, 15) is 9.59 Å². The van der Waals surface area contributed by atoms with Crippen molar-refractivity contribution in [3.05, 3.63) is 88.7 Å². The van der Waals surface area contributed by atoms with E-state index in [0.717, 1.165) is 31.6 Å². The number of amides is 3. The highest BCUT2D eigenvalue weighted by Gasteiger charge is 2.15.